The van der Waals surface area contributed by atoms with Gasteiger partial charge in [-0.15, -0.1) is 0 Å². The molecule has 2 aromatic rings. The van der Waals surface area contributed by atoms with Crippen molar-refractivity contribution < 1.29 is 9.53 Å². The second-order valence-corrected chi connectivity index (χ2v) is 7.12. The second kappa shape index (κ2) is 6.13. The van der Waals surface area contributed by atoms with Gasteiger partial charge in [0, 0.05) is 30.9 Å². The number of halogens is 1. The van der Waals surface area contributed by atoms with Crippen molar-refractivity contribution >= 4 is 42.5 Å². The van der Waals surface area contributed by atoms with Crippen molar-refractivity contribution in [1.82, 2.24) is 19.5 Å². The van der Waals surface area contributed by atoms with Crippen molar-refractivity contribution in [2.24, 2.45) is 0 Å². The Kier molecular flexibility index (Phi) is 4.30. The summed E-state index contributed by atoms with van der Waals surface area (Å²) >= 11 is 6.36. The average molecular weight is 345 g/mol. The van der Waals surface area contributed by atoms with Gasteiger partial charge in [-0.05, 0) is 32.8 Å². The Morgan fingerprint density at radius 2 is 2.17 bits per heavy atom. The summed E-state index contributed by atoms with van der Waals surface area (Å²) in [6.07, 6.45) is 4.19. The van der Waals surface area contributed by atoms with Gasteiger partial charge in [0.1, 0.15) is 5.60 Å². The van der Waals surface area contributed by atoms with Crippen molar-refractivity contribution in [1.29, 1.82) is 0 Å². The van der Waals surface area contributed by atoms with Gasteiger partial charge in [-0.2, -0.15) is 5.10 Å². The van der Waals surface area contributed by atoms with Crippen LogP contribution in [-0.2, 0) is 4.74 Å². The third-order valence-electron chi connectivity index (χ3n) is 3.65. The summed E-state index contributed by atoms with van der Waals surface area (Å²) in [5, 5.41) is 4.70. The van der Waals surface area contributed by atoms with Gasteiger partial charge in [0.05, 0.1) is 10.7 Å². The Bertz CT molecular complexity index is 825. The molecular formula is C16H18BClN4O2. The topological polar surface area (TPSA) is 59.7 Å². The molecule has 24 heavy (non-hydrogen) atoms. The first-order chi connectivity index (χ1) is 11.2. The van der Waals surface area contributed by atoms with E-state index in [0.717, 1.165) is 11.1 Å². The summed E-state index contributed by atoms with van der Waals surface area (Å²) in [6.45, 7) is 6.63. The lowest BCUT2D eigenvalue weighted by Gasteiger charge is -2.29. The van der Waals surface area contributed by atoms with Gasteiger partial charge >= 0.3 is 6.09 Å². The summed E-state index contributed by atoms with van der Waals surface area (Å²) in [5.74, 6) is 0. The van der Waals surface area contributed by atoms with E-state index in [1.165, 1.54) is 0 Å². The van der Waals surface area contributed by atoms with Gasteiger partial charge in [-0.25, -0.2) is 14.3 Å². The molecule has 3 rings (SSSR count). The van der Waals surface area contributed by atoms with Crippen LogP contribution in [-0.4, -0.2) is 52.1 Å². The minimum atomic E-state index is -0.498. The lowest BCUT2D eigenvalue weighted by atomic mass is 10.0. The monoisotopic (exact) mass is 344 g/mol. The van der Waals surface area contributed by atoms with E-state index in [4.69, 9.17) is 24.2 Å². The first-order valence-electron chi connectivity index (χ1n) is 7.72. The van der Waals surface area contributed by atoms with Crippen LogP contribution >= 0.6 is 11.6 Å². The van der Waals surface area contributed by atoms with Crippen molar-refractivity contribution in [2.75, 3.05) is 13.1 Å². The zero-order chi connectivity index (χ0) is 17.5. The van der Waals surface area contributed by atoms with E-state index >= 15 is 0 Å². The molecule has 1 aliphatic rings. The molecule has 0 saturated heterocycles. The molecule has 6 nitrogen and oxygen atoms in total. The molecule has 0 aliphatic carbocycles. The van der Waals surface area contributed by atoms with Gasteiger partial charge in [-0.3, -0.25) is 0 Å². The molecule has 0 bridgehead atoms. The Balaban J connectivity index is 1.80. The SMILES string of the molecule is [B]c1nc2cc(Cl)c(C3=CCN(C(=O)OC(C)(C)C)CC3)cn2n1. The molecule has 1 aliphatic heterocycles. The summed E-state index contributed by atoms with van der Waals surface area (Å²) in [5.41, 5.74) is 2.25. The van der Waals surface area contributed by atoms with Gasteiger partial charge in [-0.1, -0.05) is 17.7 Å². The van der Waals surface area contributed by atoms with Crippen LogP contribution in [0.1, 0.15) is 32.8 Å². The molecule has 0 fully saturated rings. The number of carbonyl (C=O) groups excluding carboxylic acids is 1. The Morgan fingerprint density at radius 3 is 2.79 bits per heavy atom. The molecule has 0 saturated carbocycles. The van der Waals surface area contributed by atoms with E-state index in [1.807, 2.05) is 33.0 Å². The molecule has 8 heteroatoms. The van der Waals surface area contributed by atoms with Crippen LogP contribution < -0.4 is 5.72 Å². The molecule has 0 spiro atoms. The quantitative estimate of drug-likeness (QED) is 0.744. The summed E-state index contributed by atoms with van der Waals surface area (Å²) in [7, 11) is 5.61. The number of amides is 1. The zero-order valence-corrected chi connectivity index (χ0v) is 14.7. The van der Waals surface area contributed by atoms with Gasteiger partial charge < -0.3 is 9.64 Å². The smallest absolute Gasteiger partial charge is 0.410 e. The first kappa shape index (κ1) is 16.8. The van der Waals surface area contributed by atoms with E-state index in [2.05, 4.69) is 10.1 Å². The number of aromatic nitrogens is 3. The number of hydrogen-bond acceptors (Lipinski definition) is 4. The molecule has 0 N–H and O–H groups in total. The molecule has 2 radical (unpaired) electrons. The molecular weight excluding hydrogens is 326 g/mol. The van der Waals surface area contributed by atoms with Crippen LogP contribution in [0.15, 0.2) is 18.3 Å². The number of pyridine rings is 1. The normalized spacial score (nSPS) is 15.5. The standard InChI is InChI=1S/C16H18BClN4O2/c1-16(2,3)24-15(23)21-6-4-10(5-7-21)11-9-22-13(8-12(11)18)19-14(17)20-22/h4,8-9H,5-7H2,1-3H3. The number of rotatable bonds is 1. The highest BCUT2D eigenvalue weighted by atomic mass is 35.5. The highest BCUT2D eigenvalue weighted by molar-refractivity contribution is 6.32. The average Bonchev–Trinajstić information content (AvgIpc) is 2.84. The first-order valence-corrected chi connectivity index (χ1v) is 8.09. The number of ether oxygens (including phenoxy) is 1. The van der Waals surface area contributed by atoms with Crippen molar-refractivity contribution in [3.8, 4) is 0 Å². The number of nitrogens with zero attached hydrogens (tertiary/aromatic N) is 4. The van der Waals surface area contributed by atoms with Gasteiger partial charge in [0.25, 0.3) is 0 Å². The Morgan fingerprint density at radius 1 is 1.42 bits per heavy atom. The van der Waals surface area contributed by atoms with Crippen LogP contribution in [0.5, 0.6) is 0 Å². The number of hydrogen-bond donors (Lipinski definition) is 0. The summed E-state index contributed by atoms with van der Waals surface area (Å²) < 4.78 is 7.01. The molecule has 1 amide bonds. The van der Waals surface area contributed by atoms with Crippen LogP contribution in [0.4, 0.5) is 4.79 Å². The largest absolute Gasteiger partial charge is 0.444 e. The van der Waals surface area contributed by atoms with E-state index < -0.39 is 5.60 Å². The molecule has 124 valence electrons. The zero-order valence-electron chi connectivity index (χ0n) is 13.9. The minimum absolute atomic E-state index is 0.206. The Hall–Kier alpha value is -2.02. The predicted octanol–water partition coefficient (Wildman–Crippen LogP) is 2.20. The van der Waals surface area contributed by atoms with Gasteiger partial charge in [0.2, 0.25) is 0 Å². The van der Waals surface area contributed by atoms with Crippen LogP contribution in [0.3, 0.4) is 0 Å². The fourth-order valence-corrected chi connectivity index (χ4v) is 2.83. The molecule has 3 heterocycles. The lowest BCUT2D eigenvalue weighted by Crippen LogP contribution is -2.39. The maximum Gasteiger partial charge on any atom is 0.410 e. The van der Waals surface area contributed by atoms with Crippen LogP contribution in [0.2, 0.25) is 5.02 Å². The fourth-order valence-electron chi connectivity index (χ4n) is 2.56. The van der Waals surface area contributed by atoms with Crippen LogP contribution in [0, 0.1) is 0 Å². The van der Waals surface area contributed by atoms with Crippen molar-refractivity contribution in [2.45, 2.75) is 32.8 Å². The van der Waals surface area contributed by atoms with Crippen molar-refractivity contribution in [3.63, 3.8) is 0 Å². The van der Waals surface area contributed by atoms with Crippen LogP contribution in [0.25, 0.3) is 11.2 Å². The molecule has 2 aromatic heterocycles. The maximum absolute atomic E-state index is 12.1. The van der Waals surface area contributed by atoms with Crippen molar-refractivity contribution in [3.05, 3.63) is 28.9 Å². The van der Waals surface area contributed by atoms with E-state index in [-0.39, 0.29) is 11.8 Å². The van der Waals surface area contributed by atoms with Gasteiger partial charge in [0.15, 0.2) is 13.5 Å². The van der Waals surface area contributed by atoms with E-state index in [9.17, 15) is 4.79 Å². The predicted molar refractivity (Wildman–Crippen MR) is 93.8 cm³/mol. The third kappa shape index (κ3) is 3.56. The molecule has 0 unspecified atom stereocenters. The fraction of sp³-hybridized carbons (Fsp3) is 0.438. The molecule has 0 atom stereocenters. The summed E-state index contributed by atoms with van der Waals surface area (Å²) in [4.78, 5) is 17.9. The third-order valence-corrected chi connectivity index (χ3v) is 3.96. The Labute approximate surface area is 146 Å². The van der Waals surface area contributed by atoms with E-state index in [1.54, 1.807) is 15.5 Å². The maximum atomic E-state index is 12.1. The molecule has 0 aromatic carbocycles. The minimum Gasteiger partial charge on any atom is -0.444 e. The highest BCUT2D eigenvalue weighted by Gasteiger charge is 2.24. The van der Waals surface area contributed by atoms with E-state index in [0.29, 0.717) is 30.2 Å². The summed E-state index contributed by atoms with van der Waals surface area (Å²) in [6, 6.07) is 1.74. The highest BCUT2D eigenvalue weighted by Crippen LogP contribution is 2.29. The number of carbonyl (C=O) groups is 1. The number of fused-ring (bicyclic) bond motifs is 1. The second-order valence-electron chi connectivity index (χ2n) is 6.71. The lowest BCUT2D eigenvalue weighted by molar-refractivity contribution is 0.0270.